The Morgan fingerprint density at radius 2 is 2.06 bits per heavy atom. The number of amides is 1. The molecule has 1 aromatic heterocycles. The van der Waals surface area contributed by atoms with Crippen molar-refractivity contribution in [2.75, 3.05) is 0 Å². The lowest BCUT2D eigenvalue weighted by Crippen LogP contribution is -2.33. The fourth-order valence-corrected chi connectivity index (χ4v) is 3.12. The average molecular weight is 233 g/mol. The van der Waals surface area contributed by atoms with E-state index in [4.69, 9.17) is 0 Å². The summed E-state index contributed by atoms with van der Waals surface area (Å²) in [5.74, 6) is 0.0376. The number of carbonyl (C=O) groups excluding carboxylic acids is 1. The van der Waals surface area contributed by atoms with E-state index in [1.165, 1.54) is 24.1 Å². The molecule has 1 heterocycles. The van der Waals surface area contributed by atoms with Crippen LogP contribution in [0.25, 0.3) is 0 Å². The first-order chi connectivity index (χ1) is 8.25. The molecule has 2 aliphatic carbocycles. The highest BCUT2D eigenvalue weighted by Crippen LogP contribution is 2.25. The van der Waals surface area contributed by atoms with Crippen molar-refractivity contribution in [3.63, 3.8) is 0 Å². The molecule has 0 unspecified atom stereocenters. The summed E-state index contributed by atoms with van der Waals surface area (Å²) >= 11 is 0. The topological polar surface area (TPSA) is 46.9 Å². The van der Waals surface area contributed by atoms with E-state index in [1.54, 1.807) is 0 Å². The highest BCUT2D eigenvalue weighted by molar-refractivity contribution is 5.94. The predicted octanol–water partition coefficient (Wildman–Crippen LogP) is 1.58. The van der Waals surface area contributed by atoms with Gasteiger partial charge in [-0.3, -0.25) is 9.48 Å². The van der Waals surface area contributed by atoms with Crippen molar-refractivity contribution in [1.29, 1.82) is 0 Å². The Balaban J connectivity index is 1.79. The van der Waals surface area contributed by atoms with Gasteiger partial charge in [-0.05, 0) is 32.1 Å². The molecular weight excluding hydrogens is 214 g/mol. The van der Waals surface area contributed by atoms with Crippen molar-refractivity contribution in [3.05, 3.63) is 17.0 Å². The zero-order chi connectivity index (χ0) is 11.8. The minimum absolute atomic E-state index is 0.0376. The molecule has 0 spiro atoms. The number of fused-ring (bicyclic) bond motifs is 1. The maximum atomic E-state index is 12.2. The van der Waals surface area contributed by atoms with Crippen molar-refractivity contribution >= 4 is 5.91 Å². The molecule has 0 bridgehead atoms. The van der Waals surface area contributed by atoms with E-state index in [9.17, 15) is 4.79 Å². The maximum Gasteiger partial charge on any atom is 0.272 e. The highest BCUT2D eigenvalue weighted by atomic mass is 16.2. The molecule has 92 valence electrons. The minimum Gasteiger partial charge on any atom is -0.348 e. The van der Waals surface area contributed by atoms with Gasteiger partial charge in [-0.1, -0.05) is 12.8 Å². The SMILES string of the molecule is Cn1nc(C(=O)NC2CCCC2)c2c1CCC2. The largest absolute Gasteiger partial charge is 0.348 e. The summed E-state index contributed by atoms with van der Waals surface area (Å²) in [5.41, 5.74) is 3.11. The number of nitrogens with zero attached hydrogens (tertiary/aromatic N) is 2. The van der Waals surface area contributed by atoms with E-state index in [1.807, 2.05) is 11.7 Å². The molecule has 2 aliphatic rings. The van der Waals surface area contributed by atoms with Gasteiger partial charge in [0.1, 0.15) is 0 Å². The molecule has 1 aromatic rings. The lowest BCUT2D eigenvalue weighted by atomic mass is 10.1. The molecule has 1 fully saturated rings. The van der Waals surface area contributed by atoms with Gasteiger partial charge < -0.3 is 5.32 Å². The molecular formula is C13H19N3O. The summed E-state index contributed by atoms with van der Waals surface area (Å²) in [6.07, 6.45) is 7.97. The monoisotopic (exact) mass is 233 g/mol. The van der Waals surface area contributed by atoms with Crippen LogP contribution in [0, 0.1) is 0 Å². The van der Waals surface area contributed by atoms with E-state index in [0.717, 1.165) is 32.1 Å². The zero-order valence-electron chi connectivity index (χ0n) is 10.3. The molecule has 0 saturated heterocycles. The average Bonchev–Trinajstić information content (AvgIpc) is 2.97. The van der Waals surface area contributed by atoms with Gasteiger partial charge in [0.25, 0.3) is 5.91 Å². The van der Waals surface area contributed by atoms with Crippen LogP contribution >= 0.6 is 0 Å². The summed E-state index contributed by atoms with van der Waals surface area (Å²) in [7, 11) is 1.94. The molecule has 1 amide bonds. The van der Waals surface area contributed by atoms with Crippen molar-refractivity contribution in [3.8, 4) is 0 Å². The van der Waals surface area contributed by atoms with Gasteiger partial charge in [0, 0.05) is 24.3 Å². The zero-order valence-corrected chi connectivity index (χ0v) is 10.3. The Morgan fingerprint density at radius 3 is 2.82 bits per heavy atom. The number of carbonyl (C=O) groups is 1. The first-order valence-electron chi connectivity index (χ1n) is 6.61. The molecule has 3 rings (SSSR count). The van der Waals surface area contributed by atoms with Crippen LogP contribution in [0.15, 0.2) is 0 Å². The van der Waals surface area contributed by atoms with Gasteiger partial charge in [-0.15, -0.1) is 0 Å². The minimum atomic E-state index is 0.0376. The lowest BCUT2D eigenvalue weighted by molar-refractivity contribution is 0.0931. The maximum absolute atomic E-state index is 12.2. The number of aryl methyl sites for hydroxylation is 1. The molecule has 4 nitrogen and oxygen atoms in total. The fourth-order valence-electron chi connectivity index (χ4n) is 3.12. The Hall–Kier alpha value is -1.32. The molecule has 1 N–H and O–H groups in total. The van der Waals surface area contributed by atoms with Gasteiger partial charge in [-0.2, -0.15) is 5.10 Å². The van der Waals surface area contributed by atoms with Crippen molar-refractivity contribution in [2.24, 2.45) is 7.05 Å². The second kappa shape index (κ2) is 4.17. The van der Waals surface area contributed by atoms with Crippen LogP contribution in [0.4, 0.5) is 0 Å². The van der Waals surface area contributed by atoms with Crippen LogP contribution < -0.4 is 5.32 Å². The summed E-state index contributed by atoms with van der Waals surface area (Å²) < 4.78 is 1.88. The molecule has 0 aliphatic heterocycles. The predicted molar refractivity (Wildman–Crippen MR) is 65.0 cm³/mol. The van der Waals surface area contributed by atoms with Crippen molar-refractivity contribution < 1.29 is 4.79 Å². The number of hydrogen-bond acceptors (Lipinski definition) is 2. The number of aromatic nitrogens is 2. The lowest BCUT2D eigenvalue weighted by Gasteiger charge is -2.10. The Morgan fingerprint density at radius 1 is 1.29 bits per heavy atom. The summed E-state index contributed by atoms with van der Waals surface area (Å²) in [6.45, 7) is 0. The van der Waals surface area contributed by atoms with Gasteiger partial charge >= 0.3 is 0 Å². The second-order valence-corrected chi connectivity index (χ2v) is 5.21. The summed E-state index contributed by atoms with van der Waals surface area (Å²) in [6, 6.07) is 0.376. The Kier molecular flexibility index (Phi) is 2.65. The van der Waals surface area contributed by atoms with Crippen LogP contribution in [0.5, 0.6) is 0 Å². The van der Waals surface area contributed by atoms with E-state index in [-0.39, 0.29) is 5.91 Å². The first kappa shape index (κ1) is 10.8. The van der Waals surface area contributed by atoms with E-state index < -0.39 is 0 Å². The number of nitrogens with one attached hydrogen (secondary N) is 1. The molecule has 0 aromatic carbocycles. The van der Waals surface area contributed by atoms with Crippen molar-refractivity contribution in [2.45, 2.75) is 51.0 Å². The third-order valence-electron chi connectivity index (χ3n) is 4.02. The Labute approximate surface area is 101 Å². The Bertz CT molecular complexity index is 444. The van der Waals surface area contributed by atoms with E-state index in [2.05, 4.69) is 10.4 Å². The third kappa shape index (κ3) is 1.85. The fraction of sp³-hybridized carbons (Fsp3) is 0.692. The standard InChI is InChI=1S/C13H19N3O/c1-16-11-8-4-7-10(11)12(15-16)13(17)14-9-5-2-3-6-9/h9H,2-8H2,1H3,(H,14,17). The van der Waals surface area contributed by atoms with E-state index >= 15 is 0 Å². The first-order valence-corrected chi connectivity index (χ1v) is 6.61. The van der Waals surface area contributed by atoms with Gasteiger partial charge in [0.15, 0.2) is 5.69 Å². The molecule has 0 atom stereocenters. The van der Waals surface area contributed by atoms with Crippen LogP contribution in [0.2, 0.25) is 0 Å². The molecule has 4 heteroatoms. The number of hydrogen-bond donors (Lipinski definition) is 1. The highest BCUT2D eigenvalue weighted by Gasteiger charge is 2.26. The summed E-state index contributed by atoms with van der Waals surface area (Å²) in [4.78, 5) is 12.2. The van der Waals surface area contributed by atoms with Crippen LogP contribution in [0.1, 0.15) is 53.8 Å². The second-order valence-electron chi connectivity index (χ2n) is 5.21. The van der Waals surface area contributed by atoms with E-state index in [0.29, 0.717) is 11.7 Å². The quantitative estimate of drug-likeness (QED) is 0.843. The smallest absolute Gasteiger partial charge is 0.272 e. The van der Waals surface area contributed by atoms with Gasteiger partial charge in [0.05, 0.1) is 0 Å². The summed E-state index contributed by atoms with van der Waals surface area (Å²) in [5, 5.41) is 7.50. The third-order valence-corrected chi connectivity index (χ3v) is 4.02. The number of rotatable bonds is 2. The molecule has 1 saturated carbocycles. The van der Waals surface area contributed by atoms with Crippen LogP contribution in [0.3, 0.4) is 0 Å². The van der Waals surface area contributed by atoms with Gasteiger partial charge in [0.2, 0.25) is 0 Å². The normalized spacial score (nSPS) is 19.6. The van der Waals surface area contributed by atoms with Crippen LogP contribution in [-0.2, 0) is 19.9 Å². The molecule has 0 radical (unpaired) electrons. The van der Waals surface area contributed by atoms with Crippen LogP contribution in [-0.4, -0.2) is 21.7 Å². The molecule has 17 heavy (non-hydrogen) atoms. The van der Waals surface area contributed by atoms with Crippen molar-refractivity contribution in [1.82, 2.24) is 15.1 Å². The van der Waals surface area contributed by atoms with Gasteiger partial charge in [-0.25, -0.2) is 0 Å².